The van der Waals surface area contributed by atoms with Crippen LogP contribution in [0.25, 0.3) is 0 Å². The summed E-state index contributed by atoms with van der Waals surface area (Å²) in [5.41, 5.74) is 1.74. The van der Waals surface area contributed by atoms with Crippen molar-refractivity contribution in [2.45, 2.75) is 52.0 Å². The molecular formula is C21H31N5O2. The second-order valence-electron chi connectivity index (χ2n) is 8.80. The predicted octanol–water partition coefficient (Wildman–Crippen LogP) is 1.61. The van der Waals surface area contributed by atoms with Gasteiger partial charge < -0.3 is 9.80 Å². The van der Waals surface area contributed by atoms with Crippen LogP contribution in [0, 0.1) is 12.3 Å². The normalized spacial score (nSPS) is 26.2. The molecule has 3 fully saturated rings. The summed E-state index contributed by atoms with van der Waals surface area (Å²) < 4.78 is 0. The molecule has 0 saturated carbocycles. The third-order valence-electron chi connectivity index (χ3n) is 6.51. The van der Waals surface area contributed by atoms with Crippen LogP contribution in [-0.4, -0.2) is 75.8 Å². The molecule has 7 nitrogen and oxygen atoms in total. The van der Waals surface area contributed by atoms with Gasteiger partial charge in [-0.1, -0.05) is 0 Å². The van der Waals surface area contributed by atoms with E-state index < -0.39 is 0 Å². The predicted molar refractivity (Wildman–Crippen MR) is 105 cm³/mol. The molecule has 0 aromatic carbocycles. The van der Waals surface area contributed by atoms with Gasteiger partial charge in [0.05, 0.1) is 30.7 Å². The summed E-state index contributed by atoms with van der Waals surface area (Å²) in [6.45, 7) is 7.42. The average Bonchev–Trinajstić information content (AvgIpc) is 3.20. The van der Waals surface area contributed by atoms with Crippen LogP contribution in [0.2, 0.25) is 0 Å². The lowest BCUT2D eigenvalue weighted by atomic mass is 9.73. The molecular weight excluding hydrogens is 354 g/mol. The zero-order chi connectivity index (χ0) is 19.6. The van der Waals surface area contributed by atoms with Gasteiger partial charge in [-0.3, -0.25) is 24.5 Å². The van der Waals surface area contributed by atoms with E-state index in [1.807, 2.05) is 11.8 Å². The van der Waals surface area contributed by atoms with Crippen molar-refractivity contribution in [3.63, 3.8) is 0 Å². The number of aryl methyl sites for hydroxylation is 1. The molecule has 3 aliphatic heterocycles. The monoisotopic (exact) mass is 385 g/mol. The maximum atomic E-state index is 12.8. The van der Waals surface area contributed by atoms with E-state index in [9.17, 15) is 9.59 Å². The molecule has 0 radical (unpaired) electrons. The van der Waals surface area contributed by atoms with Crippen molar-refractivity contribution in [3.8, 4) is 0 Å². The van der Waals surface area contributed by atoms with E-state index in [0.29, 0.717) is 19.5 Å². The summed E-state index contributed by atoms with van der Waals surface area (Å²) in [6.07, 6.45) is 9.48. The minimum atomic E-state index is 0.0327. The second kappa shape index (κ2) is 8.15. The summed E-state index contributed by atoms with van der Waals surface area (Å²) in [4.78, 5) is 40.3. The van der Waals surface area contributed by atoms with Crippen molar-refractivity contribution in [1.29, 1.82) is 0 Å². The van der Waals surface area contributed by atoms with Gasteiger partial charge >= 0.3 is 0 Å². The molecule has 28 heavy (non-hydrogen) atoms. The summed E-state index contributed by atoms with van der Waals surface area (Å²) >= 11 is 0. The molecule has 1 aromatic rings. The molecule has 3 saturated heterocycles. The van der Waals surface area contributed by atoms with E-state index in [0.717, 1.165) is 63.4 Å². The lowest BCUT2D eigenvalue weighted by molar-refractivity contribution is -0.144. The van der Waals surface area contributed by atoms with Gasteiger partial charge in [-0.15, -0.1) is 0 Å². The highest BCUT2D eigenvalue weighted by molar-refractivity contribution is 5.79. The van der Waals surface area contributed by atoms with Gasteiger partial charge in [-0.05, 0) is 52.1 Å². The Labute approximate surface area is 167 Å². The van der Waals surface area contributed by atoms with Crippen LogP contribution >= 0.6 is 0 Å². The molecule has 1 spiro atoms. The van der Waals surface area contributed by atoms with Gasteiger partial charge in [0.15, 0.2) is 0 Å². The van der Waals surface area contributed by atoms with Gasteiger partial charge in [-0.2, -0.15) is 0 Å². The smallest absolute Gasteiger partial charge is 0.236 e. The summed E-state index contributed by atoms with van der Waals surface area (Å²) in [5, 5.41) is 0. The Balaban J connectivity index is 1.40. The fourth-order valence-corrected chi connectivity index (χ4v) is 4.93. The molecule has 0 N–H and O–H groups in total. The van der Waals surface area contributed by atoms with Gasteiger partial charge in [0.25, 0.3) is 0 Å². The van der Waals surface area contributed by atoms with E-state index in [2.05, 4.69) is 19.8 Å². The zero-order valence-corrected chi connectivity index (χ0v) is 16.9. The Bertz CT molecular complexity index is 716. The number of hydrogen-bond acceptors (Lipinski definition) is 5. The van der Waals surface area contributed by atoms with Crippen molar-refractivity contribution in [2.24, 2.45) is 5.41 Å². The Kier molecular flexibility index (Phi) is 5.62. The maximum Gasteiger partial charge on any atom is 0.236 e. The van der Waals surface area contributed by atoms with Gasteiger partial charge in [0.2, 0.25) is 11.8 Å². The van der Waals surface area contributed by atoms with E-state index in [1.165, 1.54) is 12.8 Å². The number of carbonyl (C=O) groups is 2. The van der Waals surface area contributed by atoms with Crippen LogP contribution in [-0.2, 0) is 16.1 Å². The van der Waals surface area contributed by atoms with Crippen molar-refractivity contribution in [2.75, 3.05) is 39.3 Å². The molecule has 0 unspecified atom stereocenters. The van der Waals surface area contributed by atoms with Gasteiger partial charge in [0.1, 0.15) is 0 Å². The van der Waals surface area contributed by atoms with Crippen LogP contribution in [0.1, 0.15) is 49.9 Å². The van der Waals surface area contributed by atoms with Crippen LogP contribution < -0.4 is 0 Å². The third kappa shape index (κ3) is 4.35. The molecule has 0 bridgehead atoms. The molecule has 2 amide bonds. The minimum Gasteiger partial charge on any atom is -0.341 e. The summed E-state index contributed by atoms with van der Waals surface area (Å²) in [6, 6.07) is 0. The number of amides is 2. The number of hydrogen-bond donors (Lipinski definition) is 0. The third-order valence-corrected chi connectivity index (χ3v) is 6.51. The fraction of sp³-hybridized carbons (Fsp3) is 0.714. The lowest BCUT2D eigenvalue weighted by Crippen LogP contribution is -2.55. The molecule has 4 heterocycles. The molecule has 152 valence electrons. The van der Waals surface area contributed by atoms with Crippen molar-refractivity contribution in [3.05, 3.63) is 23.8 Å². The highest BCUT2D eigenvalue weighted by atomic mass is 16.2. The lowest BCUT2D eigenvalue weighted by Gasteiger charge is -2.48. The number of rotatable bonds is 4. The molecule has 3 aliphatic rings. The van der Waals surface area contributed by atoms with Crippen LogP contribution in [0.3, 0.4) is 0 Å². The van der Waals surface area contributed by atoms with E-state index >= 15 is 0 Å². The van der Waals surface area contributed by atoms with Crippen LogP contribution in [0.4, 0.5) is 0 Å². The Morgan fingerprint density at radius 1 is 1.07 bits per heavy atom. The molecule has 0 aliphatic carbocycles. The van der Waals surface area contributed by atoms with Gasteiger partial charge in [-0.25, -0.2) is 0 Å². The van der Waals surface area contributed by atoms with Crippen LogP contribution in [0.15, 0.2) is 12.4 Å². The quantitative estimate of drug-likeness (QED) is 0.788. The van der Waals surface area contributed by atoms with Crippen molar-refractivity contribution >= 4 is 11.8 Å². The zero-order valence-electron chi connectivity index (χ0n) is 16.9. The van der Waals surface area contributed by atoms with Crippen LogP contribution in [0.5, 0.6) is 0 Å². The molecule has 1 aromatic heterocycles. The first-order valence-electron chi connectivity index (χ1n) is 10.6. The average molecular weight is 386 g/mol. The van der Waals surface area contributed by atoms with Crippen molar-refractivity contribution < 1.29 is 9.59 Å². The minimum absolute atomic E-state index is 0.0327. The molecule has 4 rings (SSSR count). The SMILES string of the molecule is Cc1cnc(CN2C[C@@]3(CCCN(C(=O)CN4CCCC4)C3)CCC2=O)cn1. The standard InChI is InChI=1S/C21H31N5O2/c1-17-11-23-18(12-22-17)13-26-16-21(7-5-19(26)27)6-4-10-25(15-21)20(28)14-24-8-2-3-9-24/h11-12H,2-10,13-16H2,1H3/t21-/m0/s1. The number of nitrogens with zero attached hydrogens (tertiary/aromatic N) is 5. The largest absolute Gasteiger partial charge is 0.341 e. The number of aromatic nitrogens is 2. The second-order valence-corrected chi connectivity index (χ2v) is 8.80. The number of likely N-dealkylation sites (tertiary alicyclic amines) is 3. The first-order valence-corrected chi connectivity index (χ1v) is 10.6. The summed E-state index contributed by atoms with van der Waals surface area (Å²) in [5.74, 6) is 0.447. The maximum absolute atomic E-state index is 12.8. The van der Waals surface area contributed by atoms with Crippen molar-refractivity contribution in [1.82, 2.24) is 24.7 Å². The molecule has 1 atom stereocenters. The first kappa shape index (κ1) is 19.3. The fourth-order valence-electron chi connectivity index (χ4n) is 4.93. The van der Waals surface area contributed by atoms with E-state index in [4.69, 9.17) is 0 Å². The first-order chi connectivity index (χ1) is 13.5. The number of piperidine rings is 2. The topological polar surface area (TPSA) is 69.6 Å². The Morgan fingerprint density at radius 2 is 1.89 bits per heavy atom. The van der Waals surface area contributed by atoms with Gasteiger partial charge in [0, 0.05) is 37.7 Å². The highest BCUT2D eigenvalue weighted by Crippen LogP contribution is 2.39. The Hall–Kier alpha value is -2.02. The highest BCUT2D eigenvalue weighted by Gasteiger charge is 2.42. The Morgan fingerprint density at radius 3 is 2.64 bits per heavy atom. The molecule has 7 heteroatoms. The van der Waals surface area contributed by atoms with E-state index in [-0.39, 0.29) is 17.2 Å². The van der Waals surface area contributed by atoms with E-state index in [1.54, 1.807) is 12.4 Å². The summed E-state index contributed by atoms with van der Waals surface area (Å²) in [7, 11) is 0. The number of carbonyl (C=O) groups excluding carboxylic acids is 2.